The van der Waals surface area contributed by atoms with Crippen LogP contribution in [0.3, 0.4) is 0 Å². The molecule has 1 aromatic heterocycles. The first-order valence-electron chi connectivity index (χ1n) is 7.19. The second-order valence-corrected chi connectivity index (χ2v) is 7.47. The van der Waals surface area contributed by atoms with Crippen LogP contribution in [0.1, 0.15) is 12.5 Å². The van der Waals surface area contributed by atoms with Crippen LogP contribution >= 0.6 is 23.1 Å². The molecule has 0 saturated heterocycles. The normalized spacial score (nSPS) is 12.0. The van der Waals surface area contributed by atoms with Crippen LogP contribution in [0.25, 0.3) is 0 Å². The molecule has 23 heavy (non-hydrogen) atoms. The monoisotopic (exact) mass is 352 g/mol. The molecule has 1 heterocycles. The average molecular weight is 352 g/mol. The fourth-order valence-corrected chi connectivity index (χ4v) is 3.60. The predicted molar refractivity (Wildman–Crippen MR) is 95.4 cm³/mol. The number of benzene rings is 1. The highest BCUT2D eigenvalue weighted by Crippen LogP contribution is 2.29. The molecule has 8 heteroatoms. The van der Waals surface area contributed by atoms with E-state index in [4.69, 9.17) is 4.74 Å². The second kappa shape index (κ2) is 8.85. The van der Waals surface area contributed by atoms with Crippen LogP contribution in [0.15, 0.2) is 28.6 Å². The number of carbonyl (C=O) groups is 1. The quantitative estimate of drug-likeness (QED) is 0.562. The van der Waals surface area contributed by atoms with Crippen LogP contribution < -0.4 is 10.6 Å². The molecule has 124 valence electrons. The third-order valence-corrected chi connectivity index (χ3v) is 5.02. The SMILES string of the molecule is COCCNc1nnc(S[C@@H](C)C(=O)Nc2ccc(C)cc2)s1. The van der Waals surface area contributed by atoms with Crippen molar-refractivity contribution in [2.45, 2.75) is 23.4 Å². The number of amides is 1. The van der Waals surface area contributed by atoms with Gasteiger partial charge in [-0.1, -0.05) is 40.8 Å². The van der Waals surface area contributed by atoms with E-state index in [9.17, 15) is 4.79 Å². The summed E-state index contributed by atoms with van der Waals surface area (Å²) in [6.45, 7) is 5.15. The zero-order chi connectivity index (χ0) is 16.7. The molecule has 0 saturated carbocycles. The Morgan fingerprint density at radius 1 is 1.35 bits per heavy atom. The Balaban J connectivity index is 1.84. The molecule has 1 amide bonds. The number of hydrogen-bond donors (Lipinski definition) is 2. The minimum atomic E-state index is -0.254. The Hall–Kier alpha value is -1.64. The van der Waals surface area contributed by atoms with Crippen LogP contribution in [0.5, 0.6) is 0 Å². The molecule has 2 N–H and O–H groups in total. The van der Waals surface area contributed by atoms with Gasteiger partial charge in [-0.05, 0) is 26.0 Å². The fraction of sp³-hybridized carbons (Fsp3) is 0.400. The molecule has 2 rings (SSSR count). The van der Waals surface area contributed by atoms with Crippen molar-refractivity contribution in [3.63, 3.8) is 0 Å². The lowest BCUT2D eigenvalue weighted by atomic mass is 10.2. The number of nitrogens with one attached hydrogen (secondary N) is 2. The van der Waals surface area contributed by atoms with Crippen molar-refractivity contribution in [3.05, 3.63) is 29.8 Å². The first-order valence-corrected chi connectivity index (χ1v) is 8.88. The van der Waals surface area contributed by atoms with E-state index in [-0.39, 0.29) is 11.2 Å². The first-order chi connectivity index (χ1) is 11.1. The Kier molecular flexibility index (Phi) is 6.82. The van der Waals surface area contributed by atoms with Crippen molar-refractivity contribution in [1.29, 1.82) is 0 Å². The van der Waals surface area contributed by atoms with Gasteiger partial charge in [0.05, 0.1) is 11.9 Å². The van der Waals surface area contributed by atoms with E-state index in [1.165, 1.54) is 23.1 Å². The van der Waals surface area contributed by atoms with Crippen LogP contribution in [0.2, 0.25) is 0 Å². The zero-order valence-electron chi connectivity index (χ0n) is 13.3. The maximum Gasteiger partial charge on any atom is 0.237 e. The van der Waals surface area contributed by atoms with E-state index in [2.05, 4.69) is 20.8 Å². The van der Waals surface area contributed by atoms with Gasteiger partial charge in [0.1, 0.15) is 0 Å². The van der Waals surface area contributed by atoms with Gasteiger partial charge in [0.15, 0.2) is 4.34 Å². The Bertz CT molecular complexity index is 631. The molecule has 1 atom stereocenters. The number of aromatic nitrogens is 2. The molecule has 0 aliphatic rings. The van der Waals surface area contributed by atoms with Gasteiger partial charge in [0, 0.05) is 19.3 Å². The van der Waals surface area contributed by atoms with Gasteiger partial charge in [0.2, 0.25) is 11.0 Å². The van der Waals surface area contributed by atoms with Crippen LogP contribution in [-0.4, -0.2) is 41.6 Å². The van der Waals surface area contributed by atoms with Gasteiger partial charge >= 0.3 is 0 Å². The molecule has 0 aliphatic carbocycles. The van der Waals surface area contributed by atoms with Crippen molar-refractivity contribution in [3.8, 4) is 0 Å². The molecule has 0 aliphatic heterocycles. The summed E-state index contributed by atoms with van der Waals surface area (Å²) >= 11 is 2.83. The largest absolute Gasteiger partial charge is 0.383 e. The van der Waals surface area contributed by atoms with Gasteiger partial charge in [0.25, 0.3) is 0 Å². The van der Waals surface area contributed by atoms with Crippen LogP contribution in [-0.2, 0) is 9.53 Å². The average Bonchev–Trinajstić information content (AvgIpc) is 2.97. The Morgan fingerprint density at radius 3 is 2.78 bits per heavy atom. The lowest BCUT2D eigenvalue weighted by molar-refractivity contribution is -0.115. The minimum absolute atomic E-state index is 0.0528. The highest BCUT2D eigenvalue weighted by Gasteiger charge is 2.17. The van der Waals surface area contributed by atoms with Crippen molar-refractivity contribution >= 4 is 39.8 Å². The lowest BCUT2D eigenvalue weighted by Crippen LogP contribution is -2.22. The summed E-state index contributed by atoms with van der Waals surface area (Å²) in [4.78, 5) is 12.2. The maximum atomic E-state index is 12.2. The van der Waals surface area contributed by atoms with Crippen LogP contribution in [0, 0.1) is 6.92 Å². The number of aryl methyl sites for hydroxylation is 1. The topological polar surface area (TPSA) is 76.1 Å². The zero-order valence-corrected chi connectivity index (χ0v) is 15.0. The van der Waals surface area contributed by atoms with E-state index >= 15 is 0 Å². The summed E-state index contributed by atoms with van der Waals surface area (Å²) in [7, 11) is 1.65. The molecule has 0 fully saturated rings. The molecule has 0 spiro atoms. The third-order valence-electron chi connectivity index (χ3n) is 2.95. The standard InChI is InChI=1S/C15H20N4O2S2/c1-10-4-6-12(7-5-10)17-13(20)11(2)22-15-19-18-14(23-15)16-8-9-21-3/h4-7,11H,8-9H2,1-3H3,(H,16,18)(H,17,20)/t11-/m0/s1. The molecule has 2 aromatic rings. The van der Waals surface area contributed by atoms with Crippen molar-refractivity contribution in [1.82, 2.24) is 10.2 Å². The van der Waals surface area contributed by atoms with Gasteiger partial charge < -0.3 is 15.4 Å². The van der Waals surface area contributed by atoms with Gasteiger partial charge in [-0.2, -0.15) is 0 Å². The molecule has 0 unspecified atom stereocenters. The molecular weight excluding hydrogens is 332 g/mol. The van der Waals surface area contributed by atoms with Gasteiger partial charge in [-0.3, -0.25) is 4.79 Å². The van der Waals surface area contributed by atoms with Crippen molar-refractivity contribution < 1.29 is 9.53 Å². The van der Waals surface area contributed by atoms with E-state index in [1.54, 1.807) is 7.11 Å². The molecule has 6 nitrogen and oxygen atoms in total. The predicted octanol–water partition coefficient (Wildman–Crippen LogP) is 3.02. The number of hydrogen-bond acceptors (Lipinski definition) is 7. The van der Waals surface area contributed by atoms with Crippen molar-refractivity contribution in [2.24, 2.45) is 0 Å². The third kappa shape index (κ3) is 5.81. The number of ether oxygens (including phenoxy) is 1. The Morgan fingerprint density at radius 2 is 2.09 bits per heavy atom. The second-order valence-electron chi connectivity index (χ2n) is 4.91. The molecule has 1 aromatic carbocycles. The number of anilines is 2. The van der Waals surface area contributed by atoms with E-state index in [1.807, 2.05) is 38.1 Å². The number of methoxy groups -OCH3 is 1. The van der Waals surface area contributed by atoms with E-state index in [0.29, 0.717) is 13.2 Å². The molecular formula is C15H20N4O2S2. The number of carbonyl (C=O) groups excluding carboxylic acids is 1. The number of nitrogens with zero attached hydrogens (tertiary/aromatic N) is 2. The van der Waals surface area contributed by atoms with E-state index < -0.39 is 0 Å². The highest BCUT2D eigenvalue weighted by atomic mass is 32.2. The minimum Gasteiger partial charge on any atom is -0.383 e. The van der Waals surface area contributed by atoms with Gasteiger partial charge in [-0.15, -0.1) is 10.2 Å². The summed E-state index contributed by atoms with van der Waals surface area (Å²) in [5.74, 6) is -0.0528. The lowest BCUT2D eigenvalue weighted by Gasteiger charge is -2.10. The van der Waals surface area contributed by atoms with Crippen molar-refractivity contribution in [2.75, 3.05) is 30.9 Å². The number of thioether (sulfide) groups is 1. The number of rotatable bonds is 8. The summed E-state index contributed by atoms with van der Waals surface area (Å²) in [5.41, 5.74) is 1.96. The smallest absolute Gasteiger partial charge is 0.237 e. The molecule has 0 radical (unpaired) electrons. The Labute approximate surface area is 144 Å². The molecule has 0 bridgehead atoms. The fourth-order valence-electron chi connectivity index (χ4n) is 1.67. The maximum absolute atomic E-state index is 12.2. The highest BCUT2D eigenvalue weighted by molar-refractivity contribution is 8.02. The van der Waals surface area contributed by atoms with E-state index in [0.717, 1.165) is 20.7 Å². The summed E-state index contributed by atoms with van der Waals surface area (Å²) in [6, 6.07) is 7.73. The first kappa shape index (κ1) is 17.7. The summed E-state index contributed by atoms with van der Waals surface area (Å²) in [6.07, 6.45) is 0. The van der Waals surface area contributed by atoms with Crippen LogP contribution in [0.4, 0.5) is 10.8 Å². The van der Waals surface area contributed by atoms with Gasteiger partial charge in [-0.25, -0.2) is 0 Å². The summed E-state index contributed by atoms with van der Waals surface area (Å²) in [5, 5.41) is 14.6. The summed E-state index contributed by atoms with van der Waals surface area (Å²) < 4.78 is 5.73.